The summed E-state index contributed by atoms with van der Waals surface area (Å²) >= 11 is 12.1. The molecule has 1 aromatic carbocycles. The van der Waals surface area contributed by atoms with Gasteiger partial charge in [0.2, 0.25) is 5.91 Å². The fourth-order valence-electron chi connectivity index (χ4n) is 2.05. The quantitative estimate of drug-likeness (QED) is 0.753. The summed E-state index contributed by atoms with van der Waals surface area (Å²) in [7, 11) is 0. The van der Waals surface area contributed by atoms with E-state index in [-0.39, 0.29) is 11.9 Å². The first kappa shape index (κ1) is 15.6. The number of carbonyl (C=O) groups is 1. The molecule has 1 amide bonds. The lowest BCUT2D eigenvalue weighted by Gasteiger charge is -2.16. The average molecular weight is 315 g/mol. The van der Waals surface area contributed by atoms with E-state index in [1.165, 1.54) is 0 Å². The minimum absolute atomic E-state index is 0.118. The van der Waals surface area contributed by atoms with Crippen LogP contribution in [0, 0.1) is 0 Å². The van der Waals surface area contributed by atoms with Crippen LogP contribution in [0.5, 0.6) is 0 Å². The highest BCUT2D eigenvalue weighted by molar-refractivity contribution is 6.33. The van der Waals surface area contributed by atoms with Crippen LogP contribution in [0.15, 0.2) is 18.2 Å². The van der Waals surface area contributed by atoms with Gasteiger partial charge >= 0.3 is 0 Å². The summed E-state index contributed by atoms with van der Waals surface area (Å²) < 4.78 is 0. The van der Waals surface area contributed by atoms with Crippen LogP contribution in [0.3, 0.4) is 0 Å². The van der Waals surface area contributed by atoms with Crippen molar-refractivity contribution >= 4 is 29.1 Å². The van der Waals surface area contributed by atoms with E-state index in [0.29, 0.717) is 22.5 Å². The van der Waals surface area contributed by atoms with E-state index in [4.69, 9.17) is 23.2 Å². The first-order valence-corrected chi connectivity index (χ1v) is 7.79. The fourth-order valence-corrected chi connectivity index (χ4v) is 2.51. The van der Waals surface area contributed by atoms with Crippen LogP contribution >= 0.6 is 23.2 Å². The summed E-state index contributed by atoms with van der Waals surface area (Å²) in [6.07, 6.45) is 3.66. The highest BCUT2D eigenvalue weighted by Gasteiger charge is 2.22. The Labute approximate surface area is 130 Å². The first-order valence-electron chi connectivity index (χ1n) is 7.04. The van der Waals surface area contributed by atoms with Gasteiger partial charge in [0.1, 0.15) is 0 Å². The summed E-state index contributed by atoms with van der Waals surface area (Å²) in [5, 5.41) is 7.74. The lowest BCUT2D eigenvalue weighted by Crippen LogP contribution is -2.27. The highest BCUT2D eigenvalue weighted by atomic mass is 35.5. The van der Waals surface area contributed by atoms with Gasteiger partial charge in [-0.2, -0.15) is 0 Å². The third-order valence-electron chi connectivity index (χ3n) is 3.40. The molecule has 1 aromatic rings. The Morgan fingerprint density at radius 3 is 2.85 bits per heavy atom. The second-order valence-electron chi connectivity index (χ2n) is 5.29. The molecule has 20 heavy (non-hydrogen) atoms. The molecule has 0 spiro atoms. The maximum atomic E-state index is 11.5. The second kappa shape index (κ2) is 7.30. The number of nitrogens with one attached hydrogen (secondary N) is 2. The number of benzene rings is 1. The van der Waals surface area contributed by atoms with Crippen molar-refractivity contribution in [3.63, 3.8) is 0 Å². The monoisotopic (exact) mass is 314 g/mol. The third-order valence-corrected chi connectivity index (χ3v) is 3.98. The Morgan fingerprint density at radius 1 is 1.40 bits per heavy atom. The van der Waals surface area contributed by atoms with Gasteiger partial charge in [0.05, 0.1) is 0 Å². The van der Waals surface area contributed by atoms with Gasteiger partial charge in [-0.1, -0.05) is 23.2 Å². The maximum Gasteiger partial charge on any atom is 0.220 e. The lowest BCUT2D eigenvalue weighted by atomic mass is 10.1. The Bertz CT molecular complexity index is 475. The van der Waals surface area contributed by atoms with Gasteiger partial charge in [0, 0.05) is 28.5 Å². The molecule has 0 saturated heterocycles. The van der Waals surface area contributed by atoms with Gasteiger partial charge in [-0.05, 0) is 56.5 Å². The zero-order chi connectivity index (χ0) is 14.5. The van der Waals surface area contributed by atoms with E-state index in [0.717, 1.165) is 31.4 Å². The van der Waals surface area contributed by atoms with Crippen molar-refractivity contribution in [3.05, 3.63) is 33.8 Å². The second-order valence-corrected chi connectivity index (χ2v) is 6.13. The minimum Gasteiger partial charge on any atom is -0.353 e. The van der Waals surface area contributed by atoms with Crippen LogP contribution in [-0.2, 0) is 4.79 Å². The smallest absolute Gasteiger partial charge is 0.220 e. The predicted molar refractivity (Wildman–Crippen MR) is 83.3 cm³/mol. The summed E-state index contributed by atoms with van der Waals surface area (Å²) in [5.41, 5.74) is 0.988. The molecule has 0 aromatic heterocycles. The Hall–Kier alpha value is -0.770. The molecule has 5 heteroatoms. The normalized spacial score (nSPS) is 15.9. The molecule has 1 atom stereocenters. The van der Waals surface area contributed by atoms with Crippen molar-refractivity contribution in [1.82, 2.24) is 10.6 Å². The van der Waals surface area contributed by atoms with Crippen LogP contribution in [0.2, 0.25) is 10.0 Å². The molecule has 3 nitrogen and oxygen atoms in total. The van der Waals surface area contributed by atoms with E-state index >= 15 is 0 Å². The van der Waals surface area contributed by atoms with Gasteiger partial charge in [-0.15, -0.1) is 0 Å². The minimum atomic E-state index is 0.118. The molecular weight excluding hydrogens is 295 g/mol. The Morgan fingerprint density at radius 2 is 2.15 bits per heavy atom. The Kier molecular flexibility index (Phi) is 5.70. The van der Waals surface area contributed by atoms with Gasteiger partial charge < -0.3 is 10.6 Å². The van der Waals surface area contributed by atoms with Crippen molar-refractivity contribution < 1.29 is 4.79 Å². The molecule has 0 bridgehead atoms. The van der Waals surface area contributed by atoms with Crippen molar-refractivity contribution in [1.29, 1.82) is 0 Å². The molecule has 1 saturated carbocycles. The number of hydrogen-bond donors (Lipinski definition) is 2. The molecule has 1 fully saturated rings. The number of halogens is 2. The van der Waals surface area contributed by atoms with E-state index in [9.17, 15) is 4.79 Å². The SMILES string of the molecule is CC(NCCCC(=O)NC1CC1)c1cc(Cl)ccc1Cl. The van der Waals surface area contributed by atoms with Crippen molar-refractivity contribution in [2.75, 3.05) is 6.54 Å². The molecule has 0 radical (unpaired) electrons. The molecular formula is C15H20Cl2N2O. The molecule has 2 rings (SSSR count). The molecule has 110 valence electrons. The Balaban J connectivity index is 1.70. The number of amides is 1. The molecule has 0 aliphatic heterocycles. The standard InChI is InChI=1S/C15H20Cl2N2O/c1-10(13-9-11(16)4-7-14(13)17)18-8-2-3-15(20)19-12-5-6-12/h4,7,9-10,12,18H,2-3,5-6,8H2,1H3,(H,19,20). The summed E-state index contributed by atoms with van der Waals surface area (Å²) in [4.78, 5) is 11.5. The van der Waals surface area contributed by atoms with Crippen LogP contribution in [0.25, 0.3) is 0 Å². The topological polar surface area (TPSA) is 41.1 Å². The fraction of sp³-hybridized carbons (Fsp3) is 0.533. The van der Waals surface area contributed by atoms with Crippen LogP contribution in [0.4, 0.5) is 0 Å². The van der Waals surface area contributed by atoms with Crippen molar-refractivity contribution in [3.8, 4) is 0 Å². The number of rotatable bonds is 7. The largest absolute Gasteiger partial charge is 0.353 e. The van der Waals surface area contributed by atoms with E-state index in [2.05, 4.69) is 10.6 Å². The molecule has 1 unspecified atom stereocenters. The van der Waals surface area contributed by atoms with Crippen molar-refractivity contribution in [2.24, 2.45) is 0 Å². The number of carbonyl (C=O) groups excluding carboxylic acids is 1. The summed E-state index contributed by atoms with van der Waals surface area (Å²) in [5.74, 6) is 0.155. The third kappa shape index (κ3) is 4.97. The predicted octanol–water partition coefficient (Wildman–Crippen LogP) is 3.70. The average Bonchev–Trinajstić information content (AvgIpc) is 3.21. The van der Waals surface area contributed by atoms with Gasteiger partial charge in [-0.25, -0.2) is 0 Å². The molecule has 1 aliphatic carbocycles. The van der Waals surface area contributed by atoms with E-state index in [1.807, 2.05) is 13.0 Å². The van der Waals surface area contributed by atoms with Gasteiger partial charge in [-0.3, -0.25) is 4.79 Å². The zero-order valence-corrected chi connectivity index (χ0v) is 13.1. The van der Waals surface area contributed by atoms with Gasteiger partial charge in [0.15, 0.2) is 0 Å². The first-order chi connectivity index (χ1) is 9.56. The lowest BCUT2D eigenvalue weighted by molar-refractivity contribution is -0.121. The van der Waals surface area contributed by atoms with Gasteiger partial charge in [0.25, 0.3) is 0 Å². The van der Waals surface area contributed by atoms with E-state index in [1.54, 1.807) is 12.1 Å². The number of hydrogen-bond acceptors (Lipinski definition) is 2. The summed E-state index contributed by atoms with van der Waals surface area (Å²) in [6.45, 7) is 2.82. The molecule has 0 heterocycles. The van der Waals surface area contributed by atoms with Crippen LogP contribution in [-0.4, -0.2) is 18.5 Å². The summed E-state index contributed by atoms with van der Waals surface area (Å²) in [6, 6.07) is 6.02. The van der Waals surface area contributed by atoms with Crippen molar-refractivity contribution in [2.45, 2.75) is 44.7 Å². The van der Waals surface area contributed by atoms with E-state index < -0.39 is 0 Å². The van der Waals surface area contributed by atoms with Crippen LogP contribution in [0.1, 0.15) is 44.2 Å². The van der Waals surface area contributed by atoms with Crippen LogP contribution < -0.4 is 10.6 Å². The molecule has 1 aliphatic rings. The maximum absolute atomic E-state index is 11.5. The molecule has 2 N–H and O–H groups in total. The zero-order valence-electron chi connectivity index (χ0n) is 11.6. The highest BCUT2D eigenvalue weighted by Crippen LogP contribution is 2.26.